The predicted molar refractivity (Wildman–Crippen MR) is 153 cm³/mol. The van der Waals surface area contributed by atoms with Crippen molar-refractivity contribution < 1.29 is 19.1 Å². The summed E-state index contributed by atoms with van der Waals surface area (Å²) in [6.45, 7) is 7.64. The molecule has 0 bridgehead atoms. The lowest BCUT2D eigenvalue weighted by atomic mass is 9.96. The fraction of sp³-hybridized carbons (Fsp3) is 0.400. The van der Waals surface area contributed by atoms with Crippen LogP contribution in [0.25, 0.3) is 10.8 Å². The summed E-state index contributed by atoms with van der Waals surface area (Å²) in [5.74, 6) is 0.953. The van der Waals surface area contributed by atoms with Crippen molar-refractivity contribution in [1.82, 2.24) is 4.31 Å². The molecule has 3 aromatic rings. The average molecular weight is 534 g/mol. The molecule has 0 atom stereocenters. The summed E-state index contributed by atoms with van der Waals surface area (Å²) < 4.78 is 13.2. The van der Waals surface area contributed by atoms with E-state index in [0.29, 0.717) is 25.3 Å². The first-order chi connectivity index (χ1) is 18.5. The number of nitrogens with one attached hydrogen (secondary N) is 1. The second kappa shape index (κ2) is 11.8. The number of amides is 2. The van der Waals surface area contributed by atoms with Gasteiger partial charge in [0.15, 0.2) is 0 Å². The smallest absolute Gasteiger partial charge is 0.258 e. The Hall–Kier alpha value is -3.07. The van der Waals surface area contributed by atoms with Crippen molar-refractivity contribution in [3.8, 4) is 5.75 Å². The number of ether oxygens (including phenoxy) is 2. The molecule has 1 saturated heterocycles. The Morgan fingerprint density at radius 1 is 1.13 bits per heavy atom. The summed E-state index contributed by atoms with van der Waals surface area (Å²) in [5.41, 5.74) is 3.51. The molecule has 200 valence electrons. The van der Waals surface area contributed by atoms with Crippen LogP contribution in [0.1, 0.15) is 42.1 Å². The largest absolute Gasteiger partial charge is 0.494 e. The summed E-state index contributed by atoms with van der Waals surface area (Å²) in [6, 6.07) is 15.9. The minimum absolute atomic E-state index is 0.0118. The lowest BCUT2D eigenvalue weighted by Gasteiger charge is -2.30. The van der Waals surface area contributed by atoms with E-state index in [1.165, 1.54) is 4.90 Å². The molecular weight excluding hydrogens is 498 g/mol. The number of carbonyl (C=O) groups excluding carboxylic acids is 2. The van der Waals surface area contributed by atoms with Crippen molar-refractivity contribution in [3.63, 3.8) is 0 Å². The highest BCUT2D eigenvalue weighted by molar-refractivity contribution is 7.97. The van der Waals surface area contributed by atoms with Crippen LogP contribution in [-0.4, -0.2) is 56.1 Å². The van der Waals surface area contributed by atoms with E-state index < -0.39 is 0 Å². The van der Waals surface area contributed by atoms with Crippen LogP contribution in [0.3, 0.4) is 0 Å². The Labute approximate surface area is 228 Å². The number of piperidine rings is 1. The van der Waals surface area contributed by atoms with E-state index in [1.54, 1.807) is 19.1 Å². The van der Waals surface area contributed by atoms with E-state index in [1.807, 2.05) is 48.2 Å². The predicted octanol–water partition coefficient (Wildman–Crippen LogP) is 5.90. The number of benzene rings is 3. The van der Waals surface area contributed by atoms with Gasteiger partial charge in [-0.15, -0.1) is 0 Å². The summed E-state index contributed by atoms with van der Waals surface area (Å²) in [6.07, 6.45) is 2.38. The van der Waals surface area contributed by atoms with Crippen molar-refractivity contribution >= 4 is 45.9 Å². The van der Waals surface area contributed by atoms with Crippen molar-refractivity contribution in [3.05, 3.63) is 59.7 Å². The first-order valence-electron chi connectivity index (χ1n) is 13.3. The highest BCUT2D eigenvalue weighted by Crippen LogP contribution is 2.41. The Bertz CT molecular complexity index is 1340. The zero-order valence-corrected chi connectivity index (χ0v) is 23.1. The van der Waals surface area contributed by atoms with Gasteiger partial charge in [-0.1, -0.05) is 12.1 Å². The van der Waals surface area contributed by atoms with E-state index in [0.717, 1.165) is 65.8 Å². The van der Waals surface area contributed by atoms with Crippen molar-refractivity contribution in [1.29, 1.82) is 0 Å². The number of carbonyl (C=O) groups is 2. The number of aryl methyl sites for hydroxylation is 1. The van der Waals surface area contributed by atoms with Crippen molar-refractivity contribution in [2.75, 3.05) is 50.2 Å². The SMILES string of the molecule is CCOc1ccc(SN2CCC(C(=O)Nc3ccc4c5c(cccc35)C(=O)N4CCCOC)CC2)cc1C. The zero-order valence-electron chi connectivity index (χ0n) is 22.3. The van der Waals surface area contributed by atoms with Gasteiger partial charge in [0.25, 0.3) is 5.91 Å². The third-order valence-electron chi connectivity index (χ3n) is 7.28. The molecule has 2 heterocycles. The van der Waals surface area contributed by atoms with Crippen LogP contribution in [0, 0.1) is 12.8 Å². The highest BCUT2D eigenvalue weighted by atomic mass is 32.2. The van der Waals surface area contributed by atoms with Gasteiger partial charge in [-0.3, -0.25) is 9.59 Å². The molecule has 0 radical (unpaired) electrons. The molecule has 2 aliphatic rings. The third-order valence-corrected chi connectivity index (χ3v) is 8.37. The molecule has 1 fully saturated rings. The molecule has 38 heavy (non-hydrogen) atoms. The summed E-state index contributed by atoms with van der Waals surface area (Å²) in [4.78, 5) is 29.3. The van der Waals surface area contributed by atoms with Gasteiger partial charge in [0, 0.05) is 66.2 Å². The molecule has 0 aromatic heterocycles. The van der Waals surface area contributed by atoms with Gasteiger partial charge in [-0.05, 0) is 87.0 Å². The summed E-state index contributed by atoms with van der Waals surface area (Å²) in [5, 5.41) is 5.01. The minimum atomic E-state index is -0.0378. The standard InChI is InChI=1S/C30H35N3O4S/c1-4-37-27-12-9-22(19-20(27)2)38-32-16-13-21(14-17-32)29(34)31-25-10-11-26-28-23(25)7-5-8-24(28)30(35)33(26)15-6-18-36-3/h5,7-12,19,21H,4,6,13-18H2,1-3H3,(H,31,34). The van der Waals surface area contributed by atoms with Crippen LogP contribution < -0.4 is 15.0 Å². The van der Waals surface area contributed by atoms with Crippen LogP contribution in [0.15, 0.2) is 53.4 Å². The van der Waals surface area contributed by atoms with E-state index in [9.17, 15) is 9.59 Å². The van der Waals surface area contributed by atoms with E-state index >= 15 is 0 Å². The van der Waals surface area contributed by atoms with Crippen LogP contribution in [-0.2, 0) is 9.53 Å². The zero-order chi connectivity index (χ0) is 26.6. The van der Waals surface area contributed by atoms with Crippen LogP contribution in [0.5, 0.6) is 5.75 Å². The fourth-order valence-corrected chi connectivity index (χ4v) is 6.38. The van der Waals surface area contributed by atoms with Gasteiger partial charge in [0.2, 0.25) is 5.91 Å². The molecule has 2 amide bonds. The topological polar surface area (TPSA) is 71.1 Å². The first-order valence-corrected chi connectivity index (χ1v) is 14.1. The van der Waals surface area contributed by atoms with Crippen molar-refractivity contribution in [2.45, 2.75) is 38.0 Å². The molecular formula is C30H35N3O4S. The molecule has 0 aliphatic carbocycles. The maximum Gasteiger partial charge on any atom is 0.258 e. The molecule has 0 unspecified atom stereocenters. The van der Waals surface area contributed by atoms with Gasteiger partial charge >= 0.3 is 0 Å². The number of methoxy groups -OCH3 is 1. The normalized spacial score (nSPS) is 15.9. The maximum atomic E-state index is 13.3. The molecule has 3 aromatic carbocycles. The van der Waals surface area contributed by atoms with Crippen LogP contribution in [0.4, 0.5) is 11.4 Å². The number of rotatable bonds is 10. The third kappa shape index (κ3) is 5.39. The quantitative estimate of drug-likeness (QED) is 0.258. The number of anilines is 2. The number of nitrogens with zero attached hydrogens (tertiary/aromatic N) is 2. The van der Waals surface area contributed by atoms with Gasteiger partial charge in [0.05, 0.1) is 12.3 Å². The Kier molecular flexibility index (Phi) is 8.21. The molecule has 7 nitrogen and oxygen atoms in total. The molecule has 0 spiro atoms. The Morgan fingerprint density at radius 3 is 2.68 bits per heavy atom. The van der Waals surface area contributed by atoms with E-state index in [2.05, 4.69) is 28.7 Å². The summed E-state index contributed by atoms with van der Waals surface area (Å²) >= 11 is 1.74. The monoisotopic (exact) mass is 533 g/mol. The van der Waals surface area contributed by atoms with Gasteiger partial charge in [0.1, 0.15) is 5.75 Å². The number of hydrogen-bond donors (Lipinski definition) is 1. The maximum absolute atomic E-state index is 13.3. The second-order valence-electron chi connectivity index (χ2n) is 9.81. The average Bonchev–Trinajstić information content (AvgIpc) is 3.20. The Balaban J connectivity index is 1.22. The van der Waals surface area contributed by atoms with Gasteiger partial charge in [-0.25, -0.2) is 4.31 Å². The lowest BCUT2D eigenvalue weighted by Crippen LogP contribution is -2.34. The molecule has 1 N–H and O–H groups in total. The van der Waals surface area contributed by atoms with Crippen LogP contribution >= 0.6 is 11.9 Å². The molecule has 0 saturated carbocycles. The van der Waals surface area contributed by atoms with E-state index in [-0.39, 0.29) is 17.7 Å². The highest BCUT2D eigenvalue weighted by Gasteiger charge is 2.31. The number of hydrogen-bond acceptors (Lipinski definition) is 6. The second-order valence-corrected chi connectivity index (χ2v) is 11.0. The Morgan fingerprint density at radius 2 is 1.95 bits per heavy atom. The molecule has 8 heteroatoms. The van der Waals surface area contributed by atoms with Gasteiger partial charge < -0.3 is 19.7 Å². The first kappa shape index (κ1) is 26.5. The van der Waals surface area contributed by atoms with Gasteiger partial charge in [-0.2, -0.15) is 0 Å². The summed E-state index contributed by atoms with van der Waals surface area (Å²) in [7, 11) is 1.67. The molecule has 2 aliphatic heterocycles. The minimum Gasteiger partial charge on any atom is -0.494 e. The van der Waals surface area contributed by atoms with Crippen molar-refractivity contribution in [2.24, 2.45) is 5.92 Å². The van der Waals surface area contributed by atoms with Crippen LogP contribution in [0.2, 0.25) is 0 Å². The lowest BCUT2D eigenvalue weighted by molar-refractivity contribution is -0.120. The fourth-order valence-electron chi connectivity index (χ4n) is 5.33. The molecule has 5 rings (SSSR count). The van der Waals surface area contributed by atoms with E-state index in [4.69, 9.17) is 9.47 Å².